The number of rotatable bonds is 6. The van der Waals surface area contributed by atoms with Gasteiger partial charge in [0.05, 0.1) is 24.7 Å². The molecule has 0 saturated carbocycles. The van der Waals surface area contributed by atoms with Gasteiger partial charge in [0.2, 0.25) is 0 Å². The van der Waals surface area contributed by atoms with Crippen LogP contribution in [0.5, 0.6) is 0 Å². The summed E-state index contributed by atoms with van der Waals surface area (Å²) in [5, 5.41) is 10.4. The summed E-state index contributed by atoms with van der Waals surface area (Å²) in [4.78, 5) is 24.1. The van der Waals surface area contributed by atoms with Crippen LogP contribution in [0.2, 0.25) is 0 Å². The molecule has 1 amide bonds. The third kappa shape index (κ3) is 4.50. The van der Waals surface area contributed by atoms with Crippen molar-refractivity contribution in [3.05, 3.63) is 65.2 Å². The maximum atomic E-state index is 13.6. The van der Waals surface area contributed by atoms with Crippen LogP contribution in [-0.4, -0.2) is 38.0 Å². The molecule has 3 rings (SSSR count). The van der Waals surface area contributed by atoms with Crippen molar-refractivity contribution in [2.75, 3.05) is 6.61 Å². The number of nitrogens with zero attached hydrogens (tertiary/aromatic N) is 4. The lowest BCUT2D eigenvalue weighted by Gasteiger charge is -2.13. The van der Waals surface area contributed by atoms with E-state index in [9.17, 15) is 22.8 Å². The van der Waals surface area contributed by atoms with E-state index in [1.165, 1.54) is 31.2 Å². The van der Waals surface area contributed by atoms with Gasteiger partial charge in [-0.15, -0.1) is 0 Å². The van der Waals surface area contributed by atoms with E-state index in [1.54, 1.807) is 24.1 Å². The first kappa shape index (κ1) is 21.1. The Bertz CT molecular complexity index is 1050. The number of aryl methyl sites for hydroxylation is 1. The average Bonchev–Trinajstić information content (AvgIpc) is 3.32. The second-order valence-electron chi connectivity index (χ2n) is 6.29. The lowest BCUT2D eigenvalue weighted by molar-refractivity contribution is -0.143. The SMILES string of the molecule is CCOC(=O)c1cnn(-c2ccc(C(=O)NCc3cnn(C)c3)cc2)c1C(F)(F)F. The first-order valence-corrected chi connectivity index (χ1v) is 8.89. The Morgan fingerprint density at radius 1 is 1.13 bits per heavy atom. The number of amides is 1. The monoisotopic (exact) mass is 421 g/mol. The molecule has 0 bridgehead atoms. The molecular formula is C19H18F3N5O3. The molecule has 11 heteroatoms. The van der Waals surface area contributed by atoms with Crippen molar-refractivity contribution in [2.24, 2.45) is 7.05 Å². The highest BCUT2D eigenvalue weighted by Crippen LogP contribution is 2.34. The van der Waals surface area contributed by atoms with Crippen LogP contribution >= 0.6 is 0 Å². The van der Waals surface area contributed by atoms with Crippen molar-refractivity contribution in [1.82, 2.24) is 24.9 Å². The first-order chi connectivity index (χ1) is 14.2. The molecule has 0 spiro atoms. The quantitative estimate of drug-likeness (QED) is 0.618. The fraction of sp³-hybridized carbons (Fsp3) is 0.263. The Morgan fingerprint density at radius 2 is 1.83 bits per heavy atom. The number of carbonyl (C=O) groups excluding carboxylic acids is 2. The molecule has 2 aromatic heterocycles. The summed E-state index contributed by atoms with van der Waals surface area (Å²) in [7, 11) is 1.75. The van der Waals surface area contributed by atoms with Crippen molar-refractivity contribution in [1.29, 1.82) is 0 Å². The second kappa shape index (κ2) is 8.39. The van der Waals surface area contributed by atoms with E-state index >= 15 is 0 Å². The fourth-order valence-electron chi connectivity index (χ4n) is 2.78. The molecule has 0 radical (unpaired) electrons. The molecular weight excluding hydrogens is 403 g/mol. The van der Waals surface area contributed by atoms with Gasteiger partial charge >= 0.3 is 12.1 Å². The number of hydrogen-bond donors (Lipinski definition) is 1. The summed E-state index contributed by atoms with van der Waals surface area (Å²) >= 11 is 0. The predicted octanol–water partition coefficient (Wildman–Crippen LogP) is 2.73. The Hall–Kier alpha value is -3.63. The van der Waals surface area contributed by atoms with Crippen LogP contribution in [0.3, 0.4) is 0 Å². The molecule has 0 aliphatic heterocycles. The minimum atomic E-state index is -4.83. The van der Waals surface area contributed by atoms with E-state index in [1.807, 2.05) is 0 Å². The maximum Gasteiger partial charge on any atom is 0.434 e. The van der Waals surface area contributed by atoms with E-state index in [4.69, 9.17) is 0 Å². The third-order valence-corrected chi connectivity index (χ3v) is 4.12. The maximum absolute atomic E-state index is 13.6. The van der Waals surface area contributed by atoms with Gasteiger partial charge in [0.15, 0.2) is 5.69 Å². The van der Waals surface area contributed by atoms with Crippen LogP contribution in [0.4, 0.5) is 13.2 Å². The molecule has 1 N–H and O–H groups in total. The molecule has 0 unspecified atom stereocenters. The minimum Gasteiger partial charge on any atom is -0.462 e. The molecule has 0 atom stereocenters. The zero-order valence-corrected chi connectivity index (χ0v) is 16.1. The third-order valence-electron chi connectivity index (χ3n) is 4.12. The van der Waals surface area contributed by atoms with Gasteiger partial charge in [0.1, 0.15) is 5.56 Å². The van der Waals surface area contributed by atoms with Gasteiger partial charge in [0.25, 0.3) is 5.91 Å². The topological polar surface area (TPSA) is 91.0 Å². The smallest absolute Gasteiger partial charge is 0.434 e. The zero-order valence-electron chi connectivity index (χ0n) is 16.1. The number of alkyl halides is 3. The van der Waals surface area contributed by atoms with E-state index in [2.05, 4.69) is 20.3 Å². The van der Waals surface area contributed by atoms with Crippen molar-refractivity contribution in [3.63, 3.8) is 0 Å². The van der Waals surface area contributed by atoms with Crippen LogP contribution in [0, 0.1) is 0 Å². The summed E-state index contributed by atoms with van der Waals surface area (Å²) in [5.41, 5.74) is -0.812. The number of benzene rings is 1. The van der Waals surface area contributed by atoms with E-state index in [0.29, 0.717) is 4.68 Å². The number of esters is 1. The van der Waals surface area contributed by atoms with E-state index in [-0.39, 0.29) is 24.4 Å². The van der Waals surface area contributed by atoms with Gasteiger partial charge < -0.3 is 10.1 Å². The van der Waals surface area contributed by atoms with Crippen LogP contribution < -0.4 is 5.32 Å². The van der Waals surface area contributed by atoms with Gasteiger partial charge in [-0.25, -0.2) is 9.48 Å². The van der Waals surface area contributed by atoms with E-state index in [0.717, 1.165) is 11.8 Å². The van der Waals surface area contributed by atoms with Crippen molar-refractivity contribution >= 4 is 11.9 Å². The number of ether oxygens (including phenoxy) is 1. The van der Waals surface area contributed by atoms with Gasteiger partial charge in [-0.05, 0) is 31.2 Å². The van der Waals surface area contributed by atoms with Crippen LogP contribution in [-0.2, 0) is 24.5 Å². The number of carbonyl (C=O) groups is 2. The molecule has 8 nitrogen and oxygen atoms in total. The van der Waals surface area contributed by atoms with Gasteiger partial charge in [0, 0.05) is 30.9 Å². The minimum absolute atomic E-state index is 0.0432. The highest BCUT2D eigenvalue weighted by atomic mass is 19.4. The molecule has 30 heavy (non-hydrogen) atoms. The van der Waals surface area contributed by atoms with Crippen LogP contribution in [0.25, 0.3) is 5.69 Å². The number of hydrogen-bond acceptors (Lipinski definition) is 5. The van der Waals surface area contributed by atoms with E-state index < -0.39 is 29.3 Å². The number of halogens is 3. The largest absolute Gasteiger partial charge is 0.462 e. The second-order valence-corrected chi connectivity index (χ2v) is 6.29. The molecule has 3 aromatic rings. The fourth-order valence-corrected chi connectivity index (χ4v) is 2.78. The molecule has 2 heterocycles. The molecule has 0 aliphatic carbocycles. The normalized spacial score (nSPS) is 11.4. The lowest BCUT2D eigenvalue weighted by Crippen LogP contribution is -2.22. The Balaban J connectivity index is 1.82. The van der Waals surface area contributed by atoms with Gasteiger partial charge in [-0.2, -0.15) is 23.4 Å². The molecule has 0 saturated heterocycles. The highest BCUT2D eigenvalue weighted by molar-refractivity contribution is 5.94. The predicted molar refractivity (Wildman–Crippen MR) is 98.9 cm³/mol. The van der Waals surface area contributed by atoms with Crippen LogP contribution in [0.1, 0.15) is 38.9 Å². The van der Waals surface area contributed by atoms with Crippen molar-refractivity contribution < 1.29 is 27.5 Å². The molecule has 158 valence electrons. The molecule has 0 aliphatic rings. The Labute approximate surface area is 169 Å². The lowest BCUT2D eigenvalue weighted by atomic mass is 10.1. The summed E-state index contributed by atoms with van der Waals surface area (Å²) in [5.74, 6) is -1.50. The summed E-state index contributed by atoms with van der Waals surface area (Å²) in [6.45, 7) is 1.69. The number of aromatic nitrogens is 4. The highest BCUT2D eigenvalue weighted by Gasteiger charge is 2.41. The standard InChI is InChI=1S/C19H18F3N5O3/c1-3-30-18(29)15-10-25-27(16(15)19(20,21)22)14-6-4-13(5-7-14)17(28)23-8-12-9-24-26(2)11-12/h4-7,9-11H,3,8H2,1-2H3,(H,23,28). The average molecular weight is 421 g/mol. The molecule has 0 fully saturated rings. The Morgan fingerprint density at radius 3 is 2.40 bits per heavy atom. The summed E-state index contributed by atoms with van der Waals surface area (Å²) in [6, 6.07) is 5.38. The number of nitrogens with one attached hydrogen (secondary N) is 1. The molecule has 1 aromatic carbocycles. The summed E-state index contributed by atoms with van der Waals surface area (Å²) in [6.07, 6.45) is -0.657. The van der Waals surface area contributed by atoms with Crippen molar-refractivity contribution in [3.8, 4) is 5.69 Å². The van der Waals surface area contributed by atoms with Crippen molar-refractivity contribution in [2.45, 2.75) is 19.6 Å². The van der Waals surface area contributed by atoms with Gasteiger partial charge in [-0.3, -0.25) is 9.48 Å². The van der Waals surface area contributed by atoms with Crippen LogP contribution in [0.15, 0.2) is 42.9 Å². The van der Waals surface area contributed by atoms with Gasteiger partial charge in [-0.1, -0.05) is 0 Å². The zero-order chi connectivity index (χ0) is 21.9. The Kier molecular flexibility index (Phi) is 5.90. The summed E-state index contributed by atoms with van der Waals surface area (Å²) < 4.78 is 47.6. The first-order valence-electron chi connectivity index (χ1n) is 8.89.